The number of anilines is 1. The number of methoxy groups -OCH3 is 1. The molecule has 0 bridgehead atoms. The van der Waals surface area contributed by atoms with Crippen molar-refractivity contribution in [2.45, 2.75) is 39.3 Å². The Morgan fingerprint density at radius 3 is 2.64 bits per heavy atom. The molecule has 1 atom stereocenters. The van der Waals surface area contributed by atoms with Gasteiger partial charge >= 0.3 is 6.03 Å². The molecule has 0 aliphatic heterocycles. The minimum Gasteiger partial charge on any atom is -0.383 e. The number of rotatable bonds is 9. The van der Waals surface area contributed by atoms with Gasteiger partial charge in [0, 0.05) is 20.2 Å². The number of aromatic nitrogens is 2. The van der Waals surface area contributed by atoms with E-state index in [1.165, 1.54) is 0 Å². The summed E-state index contributed by atoms with van der Waals surface area (Å²) in [5.41, 5.74) is 0.901. The number of hydrogen-bond acceptors (Lipinski definition) is 4. The molecule has 1 N–H and O–H groups in total. The number of nitrogens with zero attached hydrogens (tertiary/aromatic N) is 3. The first kappa shape index (κ1) is 25.0. The topological polar surface area (TPSA) is 76.5 Å². The van der Waals surface area contributed by atoms with Crippen LogP contribution < -0.4 is 10.9 Å². The summed E-state index contributed by atoms with van der Waals surface area (Å²) in [5, 5.41) is 4.01. The van der Waals surface area contributed by atoms with E-state index in [1.54, 1.807) is 40.8 Å². The van der Waals surface area contributed by atoms with Gasteiger partial charge in [-0.2, -0.15) is 0 Å². The summed E-state index contributed by atoms with van der Waals surface area (Å²) in [5.74, 6) is 0.548. The number of hydrogen-bond donors (Lipinski definition) is 1. The van der Waals surface area contributed by atoms with E-state index in [0.717, 1.165) is 6.42 Å². The van der Waals surface area contributed by atoms with E-state index in [2.05, 4.69) is 5.32 Å². The maximum Gasteiger partial charge on any atom is 0.322 e. The number of carbonyl (C=O) groups excluding carboxylic acids is 1. The molecule has 0 aliphatic carbocycles. The molecule has 1 aromatic heterocycles. The second kappa shape index (κ2) is 11.5. The van der Waals surface area contributed by atoms with Gasteiger partial charge in [-0.25, -0.2) is 9.78 Å². The molecule has 0 spiro atoms. The Labute approximate surface area is 203 Å². The van der Waals surface area contributed by atoms with Crippen LogP contribution in [-0.4, -0.2) is 40.7 Å². The molecule has 0 aliphatic rings. The summed E-state index contributed by atoms with van der Waals surface area (Å²) >= 11 is 12.4. The van der Waals surface area contributed by atoms with Crippen molar-refractivity contribution in [2.75, 3.05) is 25.6 Å². The van der Waals surface area contributed by atoms with E-state index in [0.29, 0.717) is 53.6 Å². The third-order valence-electron chi connectivity index (χ3n) is 5.39. The largest absolute Gasteiger partial charge is 0.383 e. The van der Waals surface area contributed by atoms with Gasteiger partial charge in [0.15, 0.2) is 0 Å². The normalized spacial score (nSPS) is 12.0. The van der Waals surface area contributed by atoms with Crippen LogP contribution in [0.15, 0.2) is 47.3 Å². The van der Waals surface area contributed by atoms with Crippen LogP contribution in [0.1, 0.15) is 38.6 Å². The molecular weight excluding hydrogens is 463 g/mol. The molecule has 176 valence electrons. The lowest BCUT2D eigenvalue weighted by molar-refractivity contribution is 0.130. The molecule has 2 amide bonds. The van der Waals surface area contributed by atoms with E-state index in [1.807, 2.05) is 32.0 Å². The molecule has 0 saturated carbocycles. The Hall–Kier alpha value is -2.61. The summed E-state index contributed by atoms with van der Waals surface area (Å²) in [6.45, 7) is 5.08. The van der Waals surface area contributed by atoms with Crippen LogP contribution in [0.4, 0.5) is 10.5 Å². The average Bonchev–Trinajstić information content (AvgIpc) is 2.81. The maximum absolute atomic E-state index is 13.4. The van der Waals surface area contributed by atoms with E-state index >= 15 is 0 Å². The predicted octanol–water partition coefficient (Wildman–Crippen LogP) is 5.74. The molecule has 3 rings (SSSR count). The Morgan fingerprint density at radius 2 is 1.94 bits per heavy atom. The van der Waals surface area contributed by atoms with Crippen molar-refractivity contribution < 1.29 is 9.53 Å². The Bertz CT molecular complexity index is 1180. The fourth-order valence-corrected chi connectivity index (χ4v) is 4.15. The number of urea groups is 1. The summed E-state index contributed by atoms with van der Waals surface area (Å²) in [4.78, 5) is 33.2. The van der Waals surface area contributed by atoms with Gasteiger partial charge in [0.1, 0.15) is 5.82 Å². The first-order chi connectivity index (χ1) is 15.9. The zero-order valence-electron chi connectivity index (χ0n) is 19.0. The van der Waals surface area contributed by atoms with E-state index in [-0.39, 0.29) is 16.6 Å². The number of benzene rings is 2. The van der Waals surface area contributed by atoms with Crippen LogP contribution in [0.2, 0.25) is 10.0 Å². The zero-order chi connectivity index (χ0) is 24.0. The third-order valence-corrected chi connectivity index (χ3v) is 6.21. The Balaban J connectivity index is 2.08. The molecule has 9 heteroatoms. The molecule has 7 nitrogen and oxygen atoms in total. The molecular formula is C24H28Cl2N4O3. The zero-order valence-corrected chi connectivity index (χ0v) is 20.5. The molecule has 1 unspecified atom stereocenters. The van der Waals surface area contributed by atoms with Crippen molar-refractivity contribution in [3.63, 3.8) is 0 Å². The van der Waals surface area contributed by atoms with Crippen molar-refractivity contribution in [2.24, 2.45) is 0 Å². The fourth-order valence-electron chi connectivity index (χ4n) is 3.80. The van der Waals surface area contributed by atoms with Gasteiger partial charge in [-0.3, -0.25) is 9.36 Å². The van der Waals surface area contributed by atoms with E-state index in [9.17, 15) is 9.59 Å². The van der Waals surface area contributed by atoms with Crippen molar-refractivity contribution >= 4 is 45.8 Å². The van der Waals surface area contributed by atoms with Crippen molar-refractivity contribution in [1.29, 1.82) is 0 Å². The first-order valence-electron chi connectivity index (χ1n) is 10.9. The SMILES string of the molecule is CCCn1c(C(CC)N(CCOC)C(=O)Nc2cccc(Cl)c2Cl)nc2ccccc2c1=O. The summed E-state index contributed by atoms with van der Waals surface area (Å²) < 4.78 is 6.94. The Kier molecular flexibility index (Phi) is 8.72. The second-order valence-electron chi connectivity index (χ2n) is 7.59. The van der Waals surface area contributed by atoms with E-state index < -0.39 is 6.04 Å². The van der Waals surface area contributed by atoms with Gasteiger partial charge in [-0.05, 0) is 37.1 Å². The third kappa shape index (κ3) is 5.49. The van der Waals surface area contributed by atoms with Crippen LogP contribution in [0, 0.1) is 0 Å². The lowest BCUT2D eigenvalue weighted by atomic mass is 10.1. The second-order valence-corrected chi connectivity index (χ2v) is 8.37. The molecule has 0 saturated heterocycles. The van der Waals surface area contributed by atoms with Gasteiger partial charge in [-0.15, -0.1) is 0 Å². The molecule has 3 aromatic rings. The van der Waals surface area contributed by atoms with Gasteiger partial charge in [0.2, 0.25) is 0 Å². The molecule has 0 radical (unpaired) electrons. The standard InChI is InChI=1S/C24H28Cl2N4O3/c1-4-13-30-22(27-18-11-7-6-9-16(18)23(30)31)20(5-2)29(14-15-33-3)24(32)28-19-12-8-10-17(25)21(19)26/h6-12,20H,4-5,13-15H2,1-3H3,(H,28,32). The number of halogens is 2. The highest BCUT2D eigenvalue weighted by Gasteiger charge is 2.29. The number of amides is 2. The van der Waals surface area contributed by atoms with Crippen LogP contribution in [0.5, 0.6) is 0 Å². The van der Waals surface area contributed by atoms with Crippen molar-refractivity contribution in [1.82, 2.24) is 14.5 Å². The Morgan fingerprint density at radius 1 is 1.18 bits per heavy atom. The fraction of sp³-hybridized carbons (Fsp3) is 0.375. The molecule has 2 aromatic carbocycles. The summed E-state index contributed by atoms with van der Waals surface area (Å²) in [6, 6.07) is 11.5. The van der Waals surface area contributed by atoms with Crippen LogP contribution in [-0.2, 0) is 11.3 Å². The first-order valence-corrected chi connectivity index (χ1v) is 11.7. The number of nitrogens with one attached hydrogen (secondary N) is 1. The van der Waals surface area contributed by atoms with Crippen LogP contribution in [0.3, 0.4) is 0 Å². The summed E-state index contributed by atoms with van der Waals surface area (Å²) in [7, 11) is 1.58. The lowest BCUT2D eigenvalue weighted by Crippen LogP contribution is -2.42. The number of ether oxygens (including phenoxy) is 1. The smallest absolute Gasteiger partial charge is 0.322 e. The van der Waals surface area contributed by atoms with Gasteiger partial charge < -0.3 is 15.0 Å². The predicted molar refractivity (Wildman–Crippen MR) is 133 cm³/mol. The summed E-state index contributed by atoms with van der Waals surface area (Å²) in [6.07, 6.45) is 1.31. The lowest BCUT2D eigenvalue weighted by Gasteiger charge is -2.32. The van der Waals surface area contributed by atoms with Crippen molar-refractivity contribution in [3.8, 4) is 0 Å². The van der Waals surface area contributed by atoms with Crippen molar-refractivity contribution in [3.05, 3.63) is 68.7 Å². The van der Waals surface area contributed by atoms with Crippen LogP contribution >= 0.6 is 23.2 Å². The maximum atomic E-state index is 13.4. The van der Waals surface area contributed by atoms with Gasteiger partial charge in [-0.1, -0.05) is 55.2 Å². The van der Waals surface area contributed by atoms with E-state index in [4.69, 9.17) is 32.9 Å². The van der Waals surface area contributed by atoms with Gasteiger partial charge in [0.25, 0.3) is 5.56 Å². The number of para-hydroxylation sites is 1. The monoisotopic (exact) mass is 490 g/mol. The quantitative estimate of drug-likeness (QED) is 0.414. The molecule has 1 heterocycles. The molecule has 0 fully saturated rings. The minimum absolute atomic E-state index is 0.110. The highest BCUT2D eigenvalue weighted by molar-refractivity contribution is 6.43. The number of fused-ring (bicyclic) bond motifs is 1. The highest BCUT2D eigenvalue weighted by atomic mass is 35.5. The average molecular weight is 491 g/mol. The number of carbonyl (C=O) groups is 1. The molecule has 33 heavy (non-hydrogen) atoms. The van der Waals surface area contributed by atoms with Crippen LogP contribution in [0.25, 0.3) is 10.9 Å². The van der Waals surface area contributed by atoms with Gasteiger partial charge in [0.05, 0.1) is 39.3 Å². The minimum atomic E-state index is -0.457. The highest BCUT2D eigenvalue weighted by Crippen LogP contribution is 2.31.